The molecule has 0 bridgehead atoms. The molecule has 0 aliphatic rings. The van der Waals surface area contributed by atoms with Crippen molar-refractivity contribution in [1.29, 1.82) is 0 Å². The highest BCUT2D eigenvalue weighted by molar-refractivity contribution is 5.83. The molecule has 0 fully saturated rings. The number of aryl methyl sites for hydroxylation is 1. The molecule has 0 saturated heterocycles. The standard InChI is InChI=1S/C14H21N3O3/c1-9-11(8-15-10(2)18)6-7-12(16-9)17-13(19)20-14(3,4)5/h6-7H,8H2,1-5H3,(H,15,18)(H,16,17,19). The Hall–Kier alpha value is -2.11. The first-order valence-electron chi connectivity index (χ1n) is 6.38. The van der Waals surface area contributed by atoms with E-state index in [0.717, 1.165) is 11.3 Å². The number of hydrogen-bond acceptors (Lipinski definition) is 4. The molecule has 0 radical (unpaired) electrons. The van der Waals surface area contributed by atoms with E-state index in [1.807, 2.05) is 13.0 Å². The summed E-state index contributed by atoms with van der Waals surface area (Å²) in [5.41, 5.74) is 1.09. The summed E-state index contributed by atoms with van der Waals surface area (Å²) in [6.45, 7) is 9.07. The quantitative estimate of drug-likeness (QED) is 0.890. The minimum Gasteiger partial charge on any atom is -0.444 e. The van der Waals surface area contributed by atoms with Gasteiger partial charge in [0, 0.05) is 19.2 Å². The molecule has 1 aromatic heterocycles. The monoisotopic (exact) mass is 279 g/mol. The van der Waals surface area contributed by atoms with Gasteiger partial charge in [-0.3, -0.25) is 10.1 Å². The number of rotatable bonds is 3. The van der Waals surface area contributed by atoms with Crippen LogP contribution in [0, 0.1) is 6.92 Å². The second-order valence-electron chi connectivity index (χ2n) is 5.48. The van der Waals surface area contributed by atoms with Crippen LogP contribution in [0.5, 0.6) is 0 Å². The number of nitrogens with one attached hydrogen (secondary N) is 2. The lowest BCUT2D eigenvalue weighted by Crippen LogP contribution is -2.27. The molecule has 1 rings (SSSR count). The summed E-state index contributed by atoms with van der Waals surface area (Å²) in [5, 5.41) is 5.27. The molecule has 0 spiro atoms. The summed E-state index contributed by atoms with van der Waals surface area (Å²) in [4.78, 5) is 26.7. The molecule has 1 aromatic rings. The zero-order chi connectivity index (χ0) is 15.3. The molecule has 2 amide bonds. The van der Waals surface area contributed by atoms with Crippen LogP contribution in [0.25, 0.3) is 0 Å². The SMILES string of the molecule is CC(=O)NCc1ccc(NC(=O)OC(C)(C)C)nc1C. The topological polar surface area (TPSA) is 80.3 Å². The molecule has 0 saturated carbocycles. The summed E-state index contributed by atoms with van der Waals surface area (Å²) < 4.78 is 5.14. The number of pyridine rings is 1. The lowest BCUT2D eigenvalue weighted by Gasteiger charge is -2.19. The smallest absolute Gasteiger partial charge is 0.413 e. The Morgan fingerprint density at radius 1 is 1.30 bits per heavy atom. The summed E-state index contributed by atoms with van der Waals surface area (Å²) >= 11 is 0. The van der Waals surface area contributed by atoms with E-state index in [0.29, 0.717) is 12.4 Å². The first kappa shape index (κ1) is 15.9. The third-order valence-electron chi connectivity index (χ3n) is 2.35. The number of ether oxygens (including phenoxy) is 1. The molecule has 1 heterocycles. The van der Waals surface area contributed by atoms with Gasteiger partial charge >= 0.3 is 6.09 Å². The Morgan fingerprint density at radius 2 is 1.95 bits per heavy atom. The van der Waals surface area contributed by atoms with Crippen molar-refractivity contribution in [1.82, 2.24) is 10.3 Å². The van der Waals surface area contributed by atoms with Gasteiger partial charge < -0.3 is 10.1 Å². The van der Waals surface area contributed by atoms with Crippen LogP contribution in [0.1, 0.15) is 39.0 Å². The maximum absolute atomic E-state index is 11.6. The molecule has 20 heavy (non-hydrogen) atoms. The number of carbonyl (C=O) groups is 2. The van der Waals surface area contributed by atoms with Gasteiger partial charge in [-0.1, -0.05) is 6.07 Å². The highest BCUT2D eigenvalue weighted by Crippen LogP contribution is 2.13. The average Bonchev–Trinajstić information content (AvgIpc) is 2.24. The van der Waals surface area contributed by atoms with E-state index in [1.54, 1.807) is 26.8 Å². The van der Waals surface area contributed by atoms with Crippen molar-refractivity contribution in [2.24, 2.45) is 0 Å². The second kappa shape index (κ2) is 6.36. The van der Waals surface area contributed by atoms with Crippen LogP contribution in [0.3, 0.4) is 0 Å². The van der Waals surface area contributed by atoms with E-state index >= 15 is 0 Å². The summed E-state index contributed by atoms with van der Waals surface area (Å²) in [6, 6.07) is 3.49. The molecule has 0 aliphatic heterocycles. The van der Waals surface area contributed by atoms with Gasteiger partial charge in [-0.15, -0.1) is 0 Å². The maximum Gasteiger partial charge on any atom is 0.413 e. The minimum atomic E-state index is -0.551. The van der Waals surface area contributed by atoms with Gasteiger partial charge in [-0.05, 0) is 39.3 Å². The number of nitrogens with zero attached hydrogens (tertiary/aromatic N) is 1. The number of amides is 2. The van der Waals surface area contributed by atoms with E-state index < -0.39 is 11.7 Å². The Morgan fingerprint density at radius 3 is 2.45 bits per heavy atom. The van der Waals surface area contributed by atoms with Gasteiger partial charge in [-0.25, -0.2) is 9.78 Å². The van der Waals surface area contributed by atoms with E-state index in [4.69, 9.17) is 4.74 Å². The molecule has 110 valence electrons. The van der Waals surface area contributed by atoms with Gasteiger partial charge in [-0.2, -0.15) is 0 Å². The third kappa shape index (κ3) is 5.69. The Balaban J connectivity index is 2.67. The van der Waals surface area contributed by atoms with Crippen molar-refractivity contribution in [3.05, 3.63) is 23.4 Å². The van der Waals surface area contributed by atoms with Crippen molar-refractivity contribution < 1.29 is 14.3 Å². The lowest BCUT2D eigenvalue weighted by atomic mass is 10.2. The average molecular weight is 279 g/mol. The van der Waals surface area contributed by atoms with Gasteiger partial charge in [0.25, 0.3) is 0 Å². The second-order valence-corrected chi connectivity index (χ2v) is 5.48. The minimum absolute atomic E-state index is 0.0969. The zero-order valence-electron chi connectivity index (χ0n) is 12.5. The molecule has 6 heteroatoms. The molecule has 0 unspecified atom stereocenters. The van der Waals surface area contributed by atoms with Crippen molar-refractivity contribution in [3.8, 4) is 0 Å². The molecule has 6 nitrogen and oxygen atoms in total. The first-order chi connectivity index (χ1) is 9.17. The van der Waals surface area contributed by atoms with Gasteiger partial charge in [0.15, 0.2) is 0 Å². The molecular formula is C14H21N3O3. The number of anilines is 1. The fraction of sp³-hybridized carbons (Fsp3) is 0.500. The van der Waals surface area contributed by atoms with Crippen LogP contribution in [0.2, 0.25) is 0 Å². The summed E-state index contributed by atoms with van der Waals surface area (Å²) in [5.74, 6) is 0.323. The predicted octanol–water partition coefficient (Wildman–Crippen LogP) is 2.37. The van der Waals surface area contributed by atoms with Gasteiger partial charge in [0.05, 0.1) is 0 Å². The lowest BCUT2D eigenvalue weighted by molar-refractivity contribution is -0.119. The van der Waals surface area contributed by atoms with Crippen molar-refractivity contribution in [2.75, 3.05) is 5.32 Å². The molecule has 0 aromatic carbocycles. The van der Waals surface area contributed by atoms with Crippen LogP contribution in [-0.2, 0) is 16.1 Å². The first-order valence-corrected chi connectivity index (χ1v) is 6.38. The van der Waals surface area contributed by atoms with Crippen LogP contribution in [0.4, 0.5) is 10.6 Å². The van der Waals surface area contributed by atoms with Crippen molar-refractivity contribution in [3.63, 3.8) is 0 Å². The molecule has 0 atom stereocenters. The van der Waals surface area contributed by atoms with E-state index in [1.165, 1.54) is 6.92 Å². The highest BCUT2D eigenvalue weighted by atomic mass is 16.6. The van der Waals surface area contributed by atoms with E-state index in [2.05, 4.69) is 15.6 Å². The largest absolute Gasteiger partial charge is 0.444 e. The van der Waals surface area contributed by atoms with Crippen molar-refractivity contribution >= 4 is 17.8 Å². The zero-order valence-corrected chi connectivity index (χ0v) is 12.5. The molecule has 0 aliphatic carbocycles. The van der Waals surface area contributed by atoms with Crippen LogP contribution in [-0.4, -0.2) is 22.6 Å². The normalized spacial score (nSPS) is 10.8. The number of hydrogen-bond donors (Lipinski definition) is 2. The highest BCUT2D eigenvalue weighted by Gasteiger charge is 2.16. The van der Waals surface area contributed by atoms with Gasteiger partial charge in [0.2, 0.25) is 5.91 Å². The van der Waals surface area contributed by atoms with Crippen molar-refractivity contribution in [2.45, 2.75) is 46.8 Å². The van der Waals surface area contributed by atoms with E-state index in [9.17, 15) is 9.59 Å². The summed E-state index contributed by atoms with van der Waals surface area (Å²) in [6.07, 6.45) is -0.543. The van der Waals surface area contributed by atoms with Crippen LogP contribution < -0.4 is 10.6 Å². The fourth-order valence-electron chi connectivity index (χ4n) is 1.47. The Bertz CT molecular complexity index is 507. The fourth-order valence-corrected chi connectivity index (χ4v) is 1.47. The van der Waals surface area contributed by atoms with Crippen LogP contribution in [0.15, 0.2) is 12.1 Å². The maximum atomic E-state index is 11.6. The van der Waals surface area contributed by atoms with Gasteiger partial charge in [0.1, 0.15) is 11.4 Å². The number of carbonyl (C=O) groups excluding carboxylic acids is 2. The van der Waals surface area contributed by atoms with Crippen LogP contribution >= 0.6 is 0 Å². The predicted molar refractivity (Wildman–Crippen MR) is 76.4 cm³/mol. The third-order valence-corrected chi connectivity index (χ3v) is 2.35. The summed E-state index contributed by atoms with van der Waals surface area (Å²) in [7, 11) is 0. The molecule has 2 N–H and O–H groups in total. The Kier molecular flexibility index (Phi) is 5.07. The number of aromatic nitrogens is 1. The van der Waals surface area contributed by atoms with E-state index in [-0.39, 0.29) is 5.91 Å². The molecular weight excluding hydrogens is 258 g/mol. The Labute approximate surface area is 118 Å².